The lowest BCUT2D eigenvalue weighted by Crippen LogP contribution is -2.44. The van der Waals surface area contributed by atoms with E-state index in [0.717, 1.165) is 29.7 Å². The molecule has 2 heterocycles. The molecule has 0 radical (unpaired) electrons. The topological polar surface area (TPSA) is 55.4 Å². The van der Waals surface area contributed by atoms with Gasteiger partial charge in [0, 0.05) is 25.2 Å². The van der Waals surface area contributed by atoms with Crippen LogP contribution in [0.15, 0.2) is 46.7 Å². The number of benzene rings is 1. The third kappa shape index (κ3) is 3.78. The van der Waals surface area contributed by atoms with Crippen LogP contribution in [-0.2, 0) is 20.2 Å². The van der Waals surface area contributed by atoms with Crippen LogP contribution in [0, 0.1) is 0 Å². The molecule has 1 N–H and O–H groups in total. The van der Waals surface area contributed by atoms with Crippen LogP contribution in [0.3, 0.4) is 0 Å². The summed E-state index contributed by atoms with van der Waals surface area (Å²) in [5.41, 5.74) is 0.920. The first-order valence-electron chi connectivity index (χ1n) is 7.40. The Morgan fingerprint density at radius 3 is 2.43 bits per heavy atom. The maximum absolute atomic E-state index is 12.5. The molecular formula is C16H18ClNO3S2. The zero-order valence-corrected chi connectivity index (χ0v) is 14.9. The highest BCUT2D eigenvalue weighted by Crippen LogP contribution is 2.35. The number of nitrogens with one attached hydrogen (secondary N) is 1. The minimum Gasteiger partial charge on any atom is -0.381 e. The van der Waals surface area contributed by atoms with Crippen molar-refractivity contribution in [1.29, 1.82) is 0 Å². The standard InChI is InChI=1S/C16H18ClNO3S2/c17-14-6-7-15(22-14)23(19,20)18-12-16(8-10-21-11-9-16)13-4-2-1-3-5-13/h1-7,18H,8-12H2. The largest absolute Gasteiger partial charge is 0.381 e. The van der Waals surface area contributed by atoms with Gasteiger partial charge in [-0.3, -0.25) is 0 Å². The monoisotopic (exact) mass is 371 g/mol. The van der Waals surface area contributed by atoms with Crippen molar-refractivity contribution in [2.45, 2.75) is 22.5 Å². The van der Waals surface area contributed by atoms with Crippen LogP contribution < -0.4 is 4.72 Å². The summed E-state index contributed by atoms with van der Waals surface area (Å²) in [4.78, 5) is 0. The van der Waals surface area contributed by atoms with Gasteiger partial charge in [0.1, 0.15) is 4.21 Å². The van der Waals surface area contributed by atoms with Crippen molar-refractivity contribution in [3.05, 3.63) is 52.4 Å². The summed E-state index contributed by atoms with van der Waals surface area (Å²) < 4.78 is 33.9. The second-order valence-electron chi connectivity index (χ2n) is 5.64. The van der Waals surface area contributed by atoms with E-state index < -0.39 is 10.0 Å². The number of halogens is 1. The van der Waals surface area contributed by atoms with E-state index in [0.29, 0.717) is 24.1 Å². The zero-order chi connectivity index (χ0) is 16.3. The number of hydrogen-bond donors (Lipinski definition) is 1. The smallest absolute Gasteiger partial charge is 0.250 e. The number of hydrogen-bond acceptors (Lipinski definition) is 4. The first kappa shape index (κ1) is 16.9. The van der Waals surface area contributed by atoms with Gasteiger partial charge in [0.25, 0.3) is 0 Å². The molecule has 0 unspecified atom stereocenters. The molecule has 1 fully saturated rings. The molecule has 1 saturated heterocycles. The van der Waals surface area contributed by atoms with E-state index in [1.54, 1.807) is 6.07 Å². The third-order valence-electron chi connectivity index (χ3n) is 4.25. The van der Waals surface area contributed by atoms with Gasteiger partial charge in [0.2, 0.25) is 10.0 Å². The molecule has 0 bridgehead atoms. The van der Waals surface area contributed by atoms with E-state index in [9.17, 15) is 8.42 Å². The Bertz CT molecular complexity index is 753. The molecule has 0 spiro atoms. The van der Waals surface area contributed by atoms with Crippen LogP contribution in [0.1, 0.15) is 18.4 Å². The van der Waals surface area contributed by atoms with Gasteiger partial charge in [-0.05, 0) is 30.5 Å². The van der Waals surface area contributed by atoms with Crippen molar-refractivity contribution < 1.29 is 13.2 Å². The van der Waals surface area contributed by atoms with E-state index in [1.165, 1.54) is 6.07 Å². The highest BCUT2D eigenvalue weighted by atomic mass is 35.5. The molecule has 4 nitrogen and oxygen atoms in total. The van der Waals surface area contributed by atoms with E-state index >= 15 is 0 Å². The van der Waals surface area contributed by atoms with Gasteiger partial charge >= 0.3 is 0 Å². The summed E-state index contributed by atoms with van der Waals surface area (Å²) in [6, 6.07) is 13.2. The highest BCUT2D eigenvalue weighted by molar-refractivity contribution is 7.91. The van der Waals surface area contributed by atoms with Crippen molar-refractivity contribution in [3.63, 3.8) is 0 Å². The molecular weight excluding hydrogens is 354 g/mol. The Kier molecular flexibility index (Phi) is 5.08. The highest BCUT2D eigenvalue weighted by Gasteiger charge is 2.35. The SMILES string of the molecule is O=S(=O)(NCC1(c2ccccc2)CCOCC1)c1ccc(Cl)s1. The fraction of sp³-hybridized carbons (Fsp3) is 0.375. The van der Waals surface area contributed by atoms with Crippen molar-refractivity contribution in [2.75, 3.05) is 19.8 Å². The van der Waals surface area contributed by atoms with Gasteiger partial charge in [0.05, 0.1) is 4.34 Å². The molecule has 7 heteroatoms. The molecule has 1 aliphatic heterocycles. The minimum atomic E-state index is -3.54. The lowest BCUT2D eigenvalue weighted by Gasteiger charge is -2.37. The van der Waals surface area contributed by atoms with Gasteiger partial charge in [0.15, 0.2) is 0 Å². The van der Waals surface area contributed by atoms with Crippen LogP contribution in [0.5, 0.6) is 0 Å². The van der Waals surface area contributed by atoms with Crippen LogP contribution >= 0.6 is 22.9 Å². The molecule has 1 aromatic heterocycles. The molecule has 23 heavy (non-hydrogen) atoms. The first-order valence-corrected chi connectivity index (χ1v) is 10.1. The molecule has 1 aliphatic rings. The Balaban J connectivity index is 1.82. The predicted octanol–water partition coefficient (Wildman–Crippen LogP) is 3.43. The molecule has 1 aromatic carbocycles. The number of sulfonamides is 1. The average Bonchev–Trinajstić information content (AvgIpc) is 3.02. The summed E-state index contributed by atoms with van der Waals surface area (Å²) in [6.45, 7) is 1.64. The van der Waals surface area contributed by atoms with Crippen molar-refractivity contribution in [3.8, 4) is 0 Å². The molecule has 0 saturated carbocycles. The fourth-order valence-corrected chi connectivity index (χ4v) is 5.52. The molecule has 0 aliphatic carbocycles. The first-order chi connectivity index (χ1) is 11.0. The van der Waals surface area contributed by atoms with Gasteiger partial charge in [-0.2, -0.15) is 0 Å². The number of thiophene rings is 1. The van der Waals surface area contributed by atoms with Crippen LogP contribution in [0.25, 0.3) is 0 Å². The summed E-state index contributed by atoms with van der Waals surface area (Å²) in [7, 11) is -3.54. The van der Waals surface area contributed by atoms with Crippen molar-refractivity contribution in [1.82, 2.24) is 4.72 Å². The summed E-state index contributed by atoms with van der Waals surface area (Å²) >= 11 is 6.91. The predicted molar refractivity (Wildman–Crippen MR) is 92.7 cm³/mol. The second kappa shape index (κ2) is 6.91. The van der Waals surface area contributed by atoms with Gasteiger partial charge < -0.3 is 4.74 Å². The molecule has 0 amide bonds. The molecule has 2 aromatic rings. The zero-order valence-electron chi connectivity index (χ0n) is 12.5. The van der Waals surface area contributed by atoms with Crippen LogP contribution in [0.2, 0.25) is 4.34 Å². The van der Waals surface area contributed by atoms with Gasteiger partial charge in [-0.1, -0.05) is 41.9 Å². The van der Waals surface area contributed by atoms with E-state index in [-0.39, 0.29) is 9.62 Å². The maximum atomic E-state index is 12.5. The van der Waals surface area contributed by atoms with Crippen LogP contribution in [-0.4, -0.2) is 28.2 Å². The summed E-state index contributed by atoms with van der Waals surface area (Å²) in [5, 5.41) is 0. The third-order valence-corrected chi connectivity index (χ3v) is 7.37. The van der Waals surface area contributed by atoms with Crippen molar-refractivity contribution in [2.24, 2.45) is 0 Å². The maximum Gasteiger partial charge on any atom is 0.250 e. The average molecular weight is 372 g/mol. The summed E-state index contributed by atoms with van der Waals surface area (Å²) in [5.74, 6) is 0. The molecule has 3 rings (SSSR count). The van der Waals surface area contributed by atoms with Crippen LogP contribution in [0.4, 0.5) is 0 Å². The normalized spacial score (nSPS) is 18.0. The van der Waals surface area contributed by atoms with Gasteiger partial charge in [-0.25, -0.2) is 13.1 Å². The Morgan fingerprint density at radius 1 is 1.13 bits per heavy atom. The lowest BCUT2D eigenvalue weighted by atomic mass is 9.74. The summed E-state index contributed by atoms with van der Waals surface area (Å²) in [6.07, 6.45) is 1.59. The Labute approximate surface area is 145 Å². The second-order valence-corrected chi connectivity index (χ2v) is 9.35. The Hall–Kier alpha value is -0.920. The lowest BCUT2D eigenvalue weighted by molar-refractivity contribution is 0.0517. The number of rotatable bonds is 5. The van der Waals surface area contributed by atoms with E-state index in [4.69, 9.17) is 16.3 Å². The van der Waals surface area contributed by atoms with E-state index in [1.807, 2.05) is 18.2 Å². The van der Waals surface area contributed by atoms with Gasteiger partial charge in [-0.15, -0.1) is 11.3 Å². The Morgan fingerprint density at radius 2 is 1.83 bits per heavy atom. The number of ether oxygens (including phenoxy) is 1. The van der Waals surface area contributed by atoms with Crippen molar-refractivity contribution >= 4 is 33.0 Å². The minimum absolute atomic E-state index is 0.229. The fourth-order valence-electron chi connectivity index (χ4n) is 2.87. The quantitative estimate of drug-likeness (QED) is 0.876. The molecule has 0 atom stereocenters. The molecule has 124 valence electrons. The van der Waals surface area contributed by atoms with E-state index in [2.05, 4.69) is 16.9 Å².